The van der Waals surface area contributed by atoms with E-state index in [1.54, 1.807) is 11.3 Å². The Morgan fingerprint density at radius 2 is 2.36 bits per heavy atom. The second-order valence-electron chi connectivity index (χ2n) is 4.56. The molecule has 1 aromatic rings. The van der Waals surface area contributed by atoms with E-state index in [1.165, 1.54) is 28.7 Å². The van der Waals surface area contributed by atoms with Crippen molar-refractivity contribution in [1.29, 1.82) is 0 Å². The number of nitrogens with zero attached hydrogens (tertiary/aromatic N) is 1. The van der Waals surface area contributed by atoms with Gasteiger partial charge in [-0.1, -0.05) is 0 Å². The quantitative estimate of drug-likeness (QED) is 0.791. The maximum Gasteiger partial charge on any atom is 0.0743 e. The highest BCUT2D eigenvalue weighted by atomic mass is 79.9. The lowest BCUT2D eigenvalue weighted by Crippen LogP contribution is -2.37. The molecular formula is C11H16BrNS. The Morgan fingerprint density at radius 3 is 2.86 bits per heavy atom. The summed E-state index contributed by atoms with van der Waals surface area (Å²) in [4.78, 5) is 2.58. The van der Waals surface area contributed by atoms with E-state index < -0.39 is 0 Å². The Balaban J connectivity index is 2.08. The lowest BCUT2D eigenvalue weighted by molar-refractivity contribution is 0.166. The summed E-state index contributed by atoms with van der Waals surface area (Å²) in [5.74, 6) is 0. The topological polar surface area (TPSA) is 3.24 Å². The molecule has 3 heteroatoms. The molecular weight excluding hydrogens is 258 g/mol. The van der Waals surface area contributed by atoms with Gasteiger partial charge >= 0.3 is 0 Å². The third-order valence-electron chi connectivity index (χ3n) is 3.13. The molecule has 0 spiro atoms. The maximum absolute atomic E-state index is 3.60. The van der Waals surface area contributed by atoms with E-state index in [2.05, 4.69) is 46.1 Å². The van der Waals surface area contributed by atoms with Crippen molar-refractivity contribution in [3.63, 3.8) is 0 Å². The summed E-state index contributed by atoms with van der Waals surface area (Å²) in [6, 6.07) is 2.23. The molecule has 1 nitrogen and oxygen atoms in total. The third-order valence-corrected chi connectivity index (χ3v) is 4.94. The fraction of sp³-hybridized carbons (Fsp3) is 0.636. The molecule has 1 aromatic heterocycles. The molecule has 2 rings (SSSR count). The van der Waals surface area contributed by atoms with Crippen molar-refractivity contribution in [1.82, 2.24) is 4.90 Å². The molecule has 0 aromatic carbocycles. The zero-order chi connectivity index (χ0) is 10.2. The van der Waals surface area contributed by atoms with Gasteiger partial charge in [0.15, 0.2) is 0 Å². The van der Waals surface area contributed by atoms with Gasteiger partial charge in [0.1, 0.15) is 0 Å². The van der Waals surface area contributed by atoms with Crippen LogP contribution < -0.4 is 0 Å². The zero-order valence-electron chi connectivity index (χ0n) is 8.72. The van der Waals surface area contributed by atoms with Gasteiger partial charge < -0.3 is 0 Å². The minimum Gasteiger partial charge on any atom is -0.294 e. The molecule has 0 bridgehead atoms. The van der Waals surface area contributed by atoms with Gasteiger partial charge in [0, 0.05) is 12.1 Å². The normalized spacial score (nSPS) is 21.6. The Labute approximate surface area is 98.2 Å². The van der Waals surface area contributed by atoms with E-state index in [0.717, 1.165) is 6.54 Å². The number of hydrogen-bond donors (Lipinski definition) is 0. The van der Waals surface area contributed by atoms with Gasteiger partial charge in [-0.15, -0.1) is 11.3 Å². The number of thiophene rings is 1. The van der Waals surface area contributed by atoms with Gasteiger partial charge in [0.25, 0.3) is 0 Å². The van der Waals surface area contributed by atoms with Crippen LogP contribution in [-0.4, -0.2) is 17.0 Å². The Morgan fingerprint density at radius 1 is 1.57 bits per heavy atom. The first kappa shape index (κ1) is 10.7. The number of likely N-dealkylation sites (tertiary alicyclic amines) is 1. The van der Waals surface area contributed by atoms with Crippen molar-refractivity contribution in [3.8, 4) is 0 Å². The van der Waals surface area contributed by atoms with Gasteiger partial charge in [-0.3, -0.25) is 4.90 Å². The molecule has 1 aliphatic heterocycles. The zero-order valence-corrected chi connectivity index (χ0v) is 11.1. The van der Waals surface area contributed by atoms with Crippen LogP contribution in [0.1, 0.15) is 32.3 Å². The summed E-state index contributed by atoms with van der Waals surface area (Å²) in [6.07, 6.45) is 2.67. The average Bonchev–Trinajstić information content (AvgIpc) is 2.62. The Kier molecular flexibility index (Phi) is 3.01. The minimum absolute atomic E-state index is 0.390. The summed E-state index contributed by atoms with van der Waals surface area (Å²) < 4.78 is 1.29. The Bertz CT molecular complexity index is 319. The van der Waals surface area contributed by atoms with E-state index in [-0.39, 0.29) is 0 Å². The van der Waals surface area contributed by atoms with E-state index in [4.69, 9.17) is 0 Å². The van der Waals surface area contributed by atoms with E-state index in [9.17, 15) is 0 Å². The number of rotatable bonds is 2. The lowest BCUT2D eigenvalue weighted by Gasteiger charge is -2.31. The minimum atomic E-state index is 0.390. The fourth-order valence-electron chi connectivity index (χ4n) is 2.09. The molecule has 78 valence electrons. The van der Waals surface area contributed by atoms with Crippen molar-refractivity contribution in [2.75, 3.05) is 6.54 Å². The molecule has 2 heterocycles. The molecule has 0 unspecified atom stereocenters. The first-order valence-electron chi connectivity index (χ1n) is 5.06. The van der Waals surface area contributed by atoms with Gasteiger partial charge in [-0.25, -0.2) is 0 Å². The second-order valence-corrected chi connectivity index (χ2v) is 6.79. The smallest absolute Gasteiger partial charge is 0.0743 e. The van der Waals surface area contributed by atoms with Crippen LogP contribution in [0.4, 0.5) is 0 Å². The second kappa shape index (κ2) is 3.95. The largest absolute Gasteiger partial charge is 0.294 e. The van der Waals surface area contributed by atoms with Crippen molar-refractivity contribution >= 4 is 27.3 Å². The highest BCUT2D eigenvalue weighted by Gasteiger charge is 2.31. The highest BCUT2D eigenvalue weighted by molar-refractivity contribution is 9.11. The first-order valence-corrected chi connectivity index (χ1v) is 6.74. The van der Waals surface area contributed by atoms with Gasteiger partial charge in [-0.2, -0.15) is 0 Å². The maximum atomic E-state index is 3.60. The monoisotopic (exact) mass is 273 g/mol. The predicted octanol–water partition coefficient (Wildman–Crippen LogP) is 3.89. The average molecular weight is 274 g/mol. The molecule has 1 saturated heterocycles. The van der Waals surface area contributed by atoms with Gasteiger partial charge in [-0.05, 0) is 66.2 Å². The third kappa shape index (κ3) is 2.05. The van der Waals surface area contributed by atoms with E-state index >= 15 is 0 Å². The van der Waals surface area contributed by atoms with Crippen molar-refractivity contribution < 1.29 is 0 Å². The SMILES string of the molecule is CC1(C)CCCN1Cc1ccsc1Br. The van der Waals surface area contributed by atoms with Crippen LogP contribution in [0.15, 0.2) is 15.2 Å². The van der Waals surface area contributed by atoms with Crippen LogP contribution in [0.2, 0.25) is 0 Å². The van der Waals surface area contributed by atoms with E-state index in [1.807, 2.05) is 0 Å². The van der Waals surface area contributed by atoms with Gasteiger partial charge in [0.05, 0.1) is 3.79 Å². The fourth-order valence-corrected chi connectivity index (χ4v) is 3.31. The van der Waals surface area contributed by atoms with Crippen molar-refractivity contribution in [3.05, 3.63) is 20.8 Å². The van der Waals surface area contributed by atoms with Crippen LogP contribution in [0, 0.1) is 0 Å². The standard InChI is InChI=1S/C11H16BrNS/c1-11(2)5-3-6-13(11)8-9-4-7-14-10(9)12/h4,7H,3,5-6,8H2,1-2H3. The molecule has 0 N–H and O–H groups in total. The molecule has 0 amide bonds. The predicted molar refractivity (Wildman–Crippen MR) is 65.7 cm³/mol. The number of halogens is 1. The lowest BCUT2D eigenvalue weighted by atomic mass is 10.0. The van der Waals surface area contributed by atoms with Crippen molar-refractivity contribution in [2.45, 2.75) is 38.8 Å². The molecule has 0 radical (unpaired) electrons. The van der Waals surface area contributed by atoms with Crippen LogP contribution in [0.5, 0.6) is 0 Å². The Hall–Kier alpha value is 0.140. The van der Waals surface area contributed by atoms with Crippen molar-refractivity contribution in [2.24, 2.45) is 0 Å². The molecule has 0 atom stereocenters. The van der Waals surface area contributed by atoms with Crippen LogP contribution >= 0.6 is 27.3 Å². The first-order chi connectivity index (χ1) is 6.59. The molecule has 0 aliphatic carbocycles. The molecule has 14 heavy (non-hydrogen) atoms. The molecule has 0 saturated carbocycles. The summed E-state index contributed by atoms with van der Waals surface area (Å²) in [6.45, 7) is 7.03. The van der Waals surface area contributed by atoms with Crippen LogP contribution in [0.3, 0.4) is 0 Å². The summed E-state index contributed by atoms with van der Waals surface area (Å²) in [7, 11) is 0. The number of hydrogen-bond acceptors (Lipinski definition) is 2. The summed E-state index contributed by atoms with van der Waals surface area (Å²) in [5, 5.41) is 2.16. The molecule has 1 fully saturated rings. The van der Waals surface area contributed by atoms with E-state index in [0.29, 0.717) is 5.54 Å². The van der Waals surface area contributed by atoms with Gasteiger partial charge in [0.2, 0.25) is 0 Å². The molecule has 1 aliphatic rings. The van der Waals surface area contributed by atoms with Crippen LogP contribution in [0.25, 0.3) is 0 Å². The van der Waals surface area contributed by atoms with Crippen LogP contribution in [-0.2, 0) is 6.54 Å². The summed E-state index contributed by atoms with van der Waals surface area (Å²) >= 11 is 5.38. The highest BCUT2D eigenvalue weighted by Crippen LogP contribution is 2.32. The summed E-state index contributed by atoms with van der Waals surface area (Å²) in [5.41, 5.74) is 1.83.